The fourth-order valence-corrected chi connectivity index (χ4v) is 2.72. The number of carbonyl (C=O) groups is 1. The summed E-state index contributed by atoms with van der Waals surface area (Å²) in [5.41, 5.74) is 4.24. The van der Waals surface area contributed by atoms with Gasteiger partial charge in [0, 0.05) is 16.1 Å². The van der Waals surface area contributed by atoms with Crippen molar-refractivity contribution in [3.8, 4) is 0 Å². The third-order valence-corrected chi connectivity index (χ3v) is 4.10. The zero-order valence-corrected chi connectivity index (χ0v) is 14.2. The summed E-state index contributed by atoms with van der Waals surface area (Å²) in [4.78, 5) is 12.4. The van der Waals surface area contributed by atoms with E-state index in [1.54, 1.807) is 0 Å². The first-order valence-electron chi connectivity index (χ1n) is 7.09. The minimum absolute atomic E-state index is 0.0186. The van der Waals surface area contributed by atoms with Crippen molar-refractivity contribution >= 4 is 21.8 Å². The Kier molecular flexibility index (Phi) is 5.18. The van der Waals surface area contributed by atoms with Crippen LogP contribution >= 0.6 is 15.9 Å². The molecule has 0 spiro atoms. The Labute approximate surface area is 134 Å². The lowest BCUT2D eigenvalue weighted by molar-refractivity contribution is 0.0939. The topological polar surface area (TPSA) is 29.1 Å². The van der Waals surface area contributed by atoms with Crippen molar-refractivity contribution in [1.29, 1.82) is 0 Å². The van der Waals surface area contributed by atoms with Gasteiger partial charge in [-0.2, -0.15) is 0 Å². The van der Waals surface area contributed by atoms with Crippen molar-refractivity contribution in [2.45, 2.75) is 33.2 Å². The molecule has 2 aromatic carbocycles. The number of carbonyl (C=O) groups excluding carboxylic acids is 1. The van der Waals surface area contributed by atoms with Crippen molar-refractivity contribution < 1.29 is 4.79 Å². The van der Waals surface area contributed by atoms with E-state index in [1.165, 1.54) is 11.1 Å². The van der Waals surface area contributed by atoms with Crippen LogP contribution in [0.5, 0.6) is 0 Å². The highest BCUT2D eigenvalue weighted by atomic mass is 79.9. The van der Waals surface area contributed by atoms with E-state index < -0.39 is 0 Å². The SMILES string of the molecule is Cc1ccccc1CC(C)NC(=O)c1cc(Br)ccc1C. The van der Waals surface area contributed by atoms with E-state index in [9.17, 15) is 4.79 Å². The van der Waals surface area contributed by atoms with Crippen molar-refractivity contribution in [1.82, 2.24) is 5.32 Å². The Bertz CT molecular complexity index is 651. The van der Waals surface area contributed by atoms with Crippen LogP contribution in [-0.4, -0.2) is 11.9 Å². The van der Waals surface area contributed by atoms with Gasteiger partial charge < -0.3 is 5.32 Å². The maximum atomic E-state index is 12.4. The highest BCUT2D eigenvalue weighted by Gasteiger charge is 2.13. The normalized spacial score (nSPS) is 12.0. The first kappa shape index (κ1) is 15.8. The zero-order valence-electron chi connectivity index (χ0n) is 12.6. The molecule has 2 rings (SSSR count). The lowest BCUT2D eigenvalue weighted by Crippen LogP contribution is -2.34. The standard InChI is InChI=1S/C18H20BrNO/c1-12-6-4-5-7-15(12)10-14(3)20-18(21)17-11-16(19)9-8-13(17)2/h4-9,11,14H,10H2,1-3H3,(H,20,21). The van der Waals surface area contributed by atoms with E-state index in [0.717, 1.165) is 22.0 Å². The summed E-state index contributed by atoms with van der Waals surface area (Å²) >= 11 is 3.41. The van der Waals surface area contributed by atoms with Crippen molar-refractivity contribution in [2.75, 3.05) is 0 Å². The van der Waals surface area contributed by atoms with Crippen LogP contribution in [0.4, 0.5) is 0 Å². The summed E-state index contributed by atoms with van der Waals surface area (Å²) in [5, 5.41) is 3.08. The second-order valence-corrected chi connectivity index (χ2v) is 6.38. The van der Waals surface area contributed by atoms with Gasteiger partial charge in [-0.25, -0.2) is 0 Å². The summed E-state index contributed by atoms with van der Waals surface area (Å²) in [7, 11) is 0. The molecule has 0 fully saturated rings. The average Bonchev–Trinajstić information content (AvgIpc) is 2.44. The van der Waals surface area contributed by atoms with E-state index in [4.69, 9.17) is 0 Å². The lowest BCUT2D eigenvalue weighted by Gasteiger charge is -2.16. The molecule has 21 heavy (non-hydrogen) atoms. The average molecular weight is 346 g/mol. The van der Waals surface area contributed by atoms with Crippen LogP contribution in [0.15, 0.2) is 46.9 Å². The number of hydrogen-bond donors (Lipinski definition) is 1. The van der Waals surface area contributed by atoms with Gasteiger partial charge in [0.1, 0.15) is 0 Å². The number of benzene rings is 2. The van der Waals surface area contributed by atoms with E-state index in [2.05, 4.69) is 40.3 Å². The maximum absolute atomic E-state index is 12.4. The molecule has 0 saturated carbocycles. The molecule has 0 saturated heterocycles. The fraction of sp³-hybridized carbons (Fsp3) is 0.278. The van der Waals surface area contributed by atoms with Crippen LogP contribution in [0.3, 0.4) is 0 Å². The van der Waals surface area contributed by atoms with Crippen LogP contribution in [0.25, 0.3) is 0 Å². The lowest BCUT2D eigenvalue weighted by atomic mass is 10.0. The summed E-state index contributed by atoms with van der Waals surface area (Å²) in [6, 6.07) is 14.1. The van der Waals surface area contributed by atoms with Gasteiger partial charge in [-0.1, -0.05) is 46.3 Å². The molecule has 2 aromatic rings. The molecule has 0 heterocycles. The molecule has 1 unspecified atom stereocenters. The van der Waals surface area contributed by atoms with Gasteiger partial charge in [-0.15, -0.1) is 0 Å². The third kappa shape index (κ3) is 4.18. The van der Waals surface area contributed by atoms with Crippen molar-refractivity contribution in [3.05, 3.63) is 69.2 Å². The predicted octanol–water partition coefficient (Wildman–Crippen LogP) is 4.43. The molecule has 0 aromatic heterocycles. The van der Waals surface area contributed by atoms with Gasteiger partial charge in [0.25, 0.3) is 5.91 Å². The van der Waals surface area contributed by atoms with Gasteiger partial charge in [0.15, 0.2) is 0 Å². The quantitative estimate of drug-likeness (QED) is 0.872. The van der Waals surface area contributed by atoms with E-state index in [-0.39, 0.29) is 11.9 Å². The summed E-state index contributed by atoms with van der Waals surface area (Å²) in [6.07, 6.45) is 0.839. The highest BCUT2D eigenvalue weighted by molar-refractivity contribution is 9.10. The summed E-state index contributed by atoms with van der Waals surface area (Å²) < 4.78 is 0.921. The number of aryl methyl sites for hydroxylation is 2. The Morgan fingerprint density at radius 3 is 2.57 bits per heavy atom. The number of rotatable bonds is 4. The van der Waals surface area contributed by atoms with Gasteiger partial charge in [0.05, 0.1) is 0 Å². The molecule has 3 heteroatoms. The Hall–Kier alpha value is -1.61. The first-order chi connectivity index (χ1) is 9.97. The second-order valence-electron chi connectivity index (χ2n) is 5.46. The largest absolute Gasteiger partial charge is 0.349 e. The molecule has 1 N–H and O–H groups in total. The Morgan fingerprint density at radius 1 is 1.14 bits per heavy atom. The molecule has 1 atom stereocenters. The summed E-state index contributed by atoms with van der Waals surface area (Å²) in [5.74, 6) is -0.0186. The minimum Gasteiger partial charge on any atom is -0.349 e. The predicted molar refractivity (Wildman–Crippen MR) is 90.7 cm³/mol. The molecule has 1 amide bonds. The molecule has 0 aliphatic carbocycles. The van der Waals surface area contributed by atoms with Crippen LogP contribution in [0, 0.1) is 13.8 Å². The van der Waals surface area contributed by atoms with Crippen LogP contribution in [-0.2, 0) is 6.42 Å². The maximum Gasteiger partial charge on any atom is 0.251 e. The second kappa shape index (κ2) is 6.90. The molecule has 0 radical (unpaired) electrons. The summed E-state index contributed by atoms with van der Waals surface area (Å²) in [6.45, 7) is 6.09. The van der Waals surface area contributed by atoms with Crippen LogP contribution in [0.1, 0.15) is 34.0 Å². The number of hydrogen-bond acceptors (Lipinski definition) is 1. The van der Waals surface area contributed by atoms with E-state index >= 15 is 0 Å². The molecule has 0 aliphatic rings. The molecular weight excluding hydrogens is 326 g/mol. The van der Waals surface area contributed by atoms with Crippen LogP contribution < -0.4 is 5.32 Å². The number of nitrogens with one attached hydrogen (secondary N) is 1. The molecule has 110 valence electrons. The fourth-order valence-electron chi connectivity index (χ4n) is 2.36. The monoisotopic (exact) mass is 345 g/mol. The number of amides is 1. The van der Waals surface area contributed by atoms with Crippen molar-refractivity contribution in [3.63, 3.8) is 0 Å². The molecular formula is C18H20BrNO. The smallest absolute Gasteiger partial charge is 0.251 e. The van der Waals surface area contributed by atoms with E-state index in [1.807, 2.05) is 44.2 Å². The third-order valence-electron chi connectivity index (χ3n) is 3.61. The van der Waals surface area contributed by atoms with Crippen molar-refractivity contribution in [2.24, 2.45) is 0 Å². The van der Waals surface area contributed by atoms with Gasteiger partial charge >= 0.3 is 0 Å². The van der Waals surface area contributed by atoms with Gasteiger partial charge in [-0.05, 0) is 56.0 Å². The molecule has 0 aliphatic heterocycles. The number of halogens is 1. The zero-order chi connectivity index (χ0) is 15.4. The highest BCUT2D eigenvalue weighted by Crippen LogP contribution is 2.16. The molecule has 0 bridgehead atoms. The molecule has 2 nitrogen and oxygen atoms in total. The van der Waals surface area contributed by atoms with E-state index in [0.29, 0.717) is 0 Å². The van der Waals surface area contributed by atoms with Gasteiger partial charge in [0.2, 0.25) is 0 Å². The first-order valence-corrected chi connectivity index (χ1v) is 7.88. The minimum atomic E-state index is -0.0186. The Balaban J connectivity index is 2.06. The van der Waals surface area contributed by atoms with Crippen LogP contribution in [0.2, 0.25) is 0 Å². The van der Waals surface area contributed by atoms with Gasteiger partial charge in [-0.3, -0.25) is 4.79 Å². The Morgan fingerprint density at radius 2 is 1.86 bits per heavy atom.